The number of carbonyl (C=O) groups excluding carboxylic acids is 3. The molecule has 0 aliphatic heterocycles. The molecule has 0 spiro atoms. The number of hydrogen-bond acceptors (Lipinski definition) is 6. The molecule has 2 amide bonds. The van der Waals surface area contributed by atoms with Crippen LogP contribution in [0.3, 0.4) is 0 Å². The van der Waals surface area contributed by atoms with Gasteiger partial charge in [-0.05, 0) is 30.0 Å². The van der Waals surface area contributed by atoms with Gasteiger partial charge in [-0.15, -0.1) is 11.3 Å². The van der Waals surface area contributed by atoms with Crippen molar-refractivity contribution in [1.29, 1.82) is 0 Å². The van der Waals surface area contributed by atoms with Gasteiger partial charge in [0.2, 0.25) is 0 Å². The van der Waals surface area contributed by atoms with Crippen LogP contribution in [-0.4, -0.2) is 30.5 Å². The van der Waals surface area contributed by atoms with Crippen LogP contribution in [0.25, 0.3) is 0 Å². The minimum atomic E-state index is -0.807. The number of esters is 1. The SMILES string of the molecule is CC[C@H](Oc1ccccc1)C(=O)OCC(=O)Nc1sccc1C(N)=O. The maximum absolute atomic E-state index is 12.1. The van der Waals surface area contributed by atoms with E-state index in [9.17, 15) is 14.4 Å². The number of thiophene rings is 1. The van der Waals surface area contributed by atoms with Crippen LogP contribution in [0.1, 0.15) is 23.7 Å². The number of benzene rings is 1. The molecule has 0 bridgehead atoms. The summed E-state index contributed by atoms with van der Waals surface area (Å²) in [6.07, 6.45) is -0.412. The molecule has 0 radical (unpaired) electrons. The smallest absolute Gasteiger partial charge is 0.347 e. The summed E-state index contributed by atoms with van der Waals surface area (Å²) in [5.41, 5.74) is 5.41. The van der Waals surface area contributed by atoms with Crippen molar-refractivity contribution in [3.05, 3.63) is 47.3 Å². The number of primary amides is 1. The quantitative estimate of drug-likeness (QED) is 0.700. The van der Waals surface area contributed by atoms with Gasteiger partial charge in [-0.3, -0.25) is 9.59 Å². The summed E-state index contributed by atoms with van der Waals surface area (Å²) in [6.45, 7) is 1.29. The van der Waals surface area contributed by atoms with Crippen molar-refractivity contribution >= 4 is 34.1 Å². The fraction of sp³-hybridized carbons (Fsp3) is 0.235. The highest BCUT2D eigenvalue weighted by Crippen LogP contribution is 2.22. The van der Waals surface area contributed by atoms with Gasteiger partial charge in [0.05, 0.1) is 5.56 Å². The highest BCUT2D eigenvalue weighted by atomic mass is 32.1. The zero-order valence-electron chi connectivity index (χ0n) is 13.6. The highest BCUT2D eigenvalue weighted by Gasteiger charge is 2.21. The van der Waals surface area contributed by atoms with E-state index < -0.39 is 30.5 Å². The Morgan fingerprint density at radius 1 is 1.20 bits per heavy atom. The van der Waals surface area contributed by atoms with E-state index in [0.717, 1.165) is 11.3 Å². The first-order chi connectivity index (χ1) is 12.0. The molecular weight excluding hydrogens is 344 g/mol. The predicted octanol–water partition coefficient (Wildman–Crippen LogP) is 2.19. The van der Waals surface area contributed by atoms with Crippen molar-refractivity contribution in [3.63, 3.8) is 0 Å². The Balaban J connectivity index is 1.86. The summed E-state index contributed by atoms with van der Waals surface area (Å²) in [6, 6.07) is 10.4. The summed E-state index contributed by atoms with van der Waals surface area (Å²) >= 11 is 1.16. The van der Waals surface area contributed by atoms with Crippen molar-refractivity contribution in [2.45, 2.75) is 19.4 Å². The number of nitrogens with two attached hydrogens (primary N) is 1. The highest BCUT2D eigenvalue weighted by molar-refractivity contribution is 7.14. The molecule has 25 heavy (non-hydrogen) atoms. The van der Waals surface area contributed by atoms with Gasteiger partial charge >= 0.3 is 5.97 Å². The van der Waals surface area contributed by atoms with E-state index in [1.54, 1.807) is 36.6 Å². The third-order valence-corrected chi connectivity index (χ3v) is 4.01. The summed E-state index contributed by atoms with van der Waals surface area (Å²) < 4.78 is 10.5. The zero-order valence-corrected chi connectivity index (χ0v) is 14.4. The minimum absolute atomic E-state index is 0.212. The average Bonchev–Trinajstić information content (AvgIpc) is 3.06. The first-order valence-electron chi connectivity index (χ1n) is 7.56. The van der Waals surface area contributed by atoms with E-state index in [2.05, 4.69) is 5.32 Å². The first-order valence-corrected chi connectivity index (χ1v) is 8.44. The predicted molar refractivity (Wildman–Crippen MR) is 93.6 cm³/mol. The lowest BCUT2D eigenvalue weighted by Gasteiger charge is -2.16. The Kier molecular flexibility index (Phi) is 6.53. The fourth-order valence-electron chi connectivity index (χ4n) is 1.95. The third kappa shape index (κ3) is 5.32. The van der Waals surface area contributed by atoms with Crippen LogP contribution in [0.2, 0.25) is 0 Å². The molecule has 0 aliphatic rings. The van der Waals surface area contributed by atoms with E-state index in [1.165, 1.54) is 6.07 Å². The molecule has 1 heterocycles. The van der Waals surface area contributed by atoms with E-state index in [0.29, 0.717) is 17.2 Å². The number of anilines is 1. The van der Waals surface area contributed by atoms with Crippen molar-refractivity contribution in [2.24, 2.45) is 5.73 Å². The van der Waals surface area contributed by atoms with Crippen LogP contribution in [0.5, 0.6) is 5.75 Å². The second-order valence-corrected chi connectivity index (χ2v) is 5.93. The van der Waals surface area contributed by atoms with Gasteiger partial charge in [0, 0.05) is 0 Å². The topological polar surface area (TPSA) is 108 Å². The Bertz CT molecular complexity index is 745. The number of carbonyl (C=O) groups is 3. The molecular formula is C17H18N2O5S. The zero-order chi connectivity index (χ0) is 18.2. The molecule has 2 aromatic rings. The average molecular weight is 362 g/mol. The molecule has 1 aromatic carbocycles. The summed E-state index contributed by atoms with van der Waals surface area (Å²) in [5.74, 6) is -1.30. The molecule has 0 unspecified atom stereocenters. The molecule has 0 aliphatic carbocycles. The molecule has 1 aromatic heterocycles. The summed E-state index contributed by atoms with van der Waals surface area (Å²) in [4.78, 5) is 35.2. The van der Waals surface area contributed by atoms with Crippen molar-refractivity contribution in [3.8, 4) is 5.75 Å². The number of hydrogen-bond donors (Lipinski definition) is 2. The molecule has 1 atom stereocenters. The van der Waals surface area contributed by atoms with E-state index in [-0.39, 0.29) is 5.56 Å². The van der Waals surface area contributed by atoms with Gasteiger partial charge < -0.3 is 20.5 Å². The molecule has 132 valence electrons. The number of ether oxygens (including phenoxy) is 2. The molecule has 7 nitrogen and oxygen atoms in total. The van der Waals surface area contributed by atoms with Crippen LogP contribution in [0.15, 0.2) is 41.8 Å². The second-order valence-electron chi connectivity index (χ2n) is 5.01. The van der Waals surface area contributed by atoms with Gasteiger partial charge in [-0.1, -0.05) is 25.1 Å². The third-order valence-electron chi connectivity index (χ3n) is 3.18. The lowest BCUT2D eigenvalue weighted by atomic mass is 10.2. The standard InChI is InChI=1S/C17H18N2O5S/c1-2-13(24-11-6-4-3-5-7-11)17(22)23-10-14(20)19-16-12(15(18)21)8-9-25-16/h3-9,13H,2,10H2,1H3,(H2,18,21)(H,19,20)/t13-/m0/s1. The molecule has 8 heteroatoms. The van der Waals surface area contributed by atoms with E-state index in [4.69, 9.17) is 15.2 Å². The lowest BCUT2D eigenvalue weighted by Crippen LogP contribution is -2.31. The monoisotopic (exact) mass is 362 g/mol. The van der Waals surface area contributed by atoms with Gasteiger partial charge in [0.25, 0.3) is 11.8 Å². The van der Waals surface area contributed by atoms with Gasteiger partial charge in [-0.2, -0.15) is 0 Å². The van der Waals surface area contributed by atoms with Gasteiger partial charge in [0.1, 0.15) is 10.8 Å². The van der Waals surface area contributed by atoms with Crippen molar-refractivity contribution < 1.29 is 23.9 Å². The largest absolute Gasteiger partial charge is 0.479 e. The molecule has 3 N–H and O–H groups in total. The summed E-state index contributed by atoms with van der Waals surface area (Å²) in [7, 11) is 0. The molecule has 0 saturated carbocycles. The van der Waals surface area contributed by atoms with Crippen molar-refractivity contribution in [2.75, 3.05) is 11.9 Å². The Morgan fingerprint density at radius 2 is 1.92 bits per heavy atom. The minimum Gasteiger partial charge on any atom is -0.479 e. The molecule has 0 fully saturated rings. The van der Waals surface area contributed by atoms with Crippen LogP contribution in [0.4, 0.5) is 5.00 Å². The molecule has 2 rings (SSSR count). The normalized spacial score (nSPS) is 11.4. The second kappa shape index (κ2) is 8.84. The van der Waals surface area contributed by atoms with E-state index in [1.807, 2.05) is 6.07 Å². The van der Waals surface area contributed by atoms with Crippen molar-refractivity contribution in [1.82, 2.24) is 0 Å². The maximum Gasteiger partial charge on any atom is 0.347 e. The van der Waals surface area contributed by atoms with Crippen LogP contribution < -0.4 is 15.8 Å². The van der Waals surface area contributed by atoms with Gasteiger partial charge in [-0.25, -0.2) is 4.79 Å². The first kappa shape index (κ1) is 18.5. The van der Waals surface area contributed by atoms with Crippen LogP contribution in [-0.2, 0) is 14.3 Å². The van der Waals surface area contributed by atoms with Gasteiger partial charge in [0.15, 0.2) is 12.7 Å². The fourth-order valence-corrected chi connectivity index (χ4v) is 2.76. The Morgan fingerprint density at radius 3 is 2.56 bits per heavy atom. The van der Waals surface area contributed by atoms with E-state index >= 15 is 0 Å². The Hall–Kier alpha value is -2.87. The maximum atomic E-state index is 12.1. The lowest BCUT2D eigenvalue weighted by molar-refractivity contribution is -0.154. The number of para-hydroxylation sites is 1. The van der Waals surface area contributed by atoms with Crippen LogP contribution >= 0.6 is 11.3 Å². The number of amides is 2. The summed E-state index contributed by atoms with van der Waals surface area (Å²) in [5, 5.41) is 4.44. The Labute approximate surface area is 148 Å². The van der Waals surface area contributed by atoms with Crippen LogP contribution in [0, 0.1) is 0 Å². The number of rotatable bonds is 8. The molecule has 0 saturated heterocycles. The number of nitrogens with one attached hydrogen (secondary N) is 1.